The van der Waals surface area contributed by atoms with Gasteiger partial charge in [0, 0.05) is 10.2 Å². The molecule has 0 amide bonds. The van der Waals surface area contributed by atoms with Gasteiger partial charge in [0.2, 0.25) is 0 Å². The van der Waals surface area contributed by atoms with Crippen molar-refractivity contribution >= 4 is 27.4 Å². The lowest BCUT2D eigenvalue weighted by Gasteiger charge is -2.12. The number of hydrogen-bond acceptors (Lipinski definition) is 3. The van der Waals surface area contributed by atoms with Gasteiger partial charge in [0.05, 0.1) is 22.9 Å². The van der Waals surface area contributed by atoms with Crippen molar-refractivity contribution in [3.63, 3.8) is 0 Å². The molecule has 3 nitrogen and oxygen atoms in total. The second kappa shape index (κ2) is 5.74. The third-order valence-corrected chi connectivity index (χ3v) is 3.58. The SMILES string of the molecule is Cc1nc(Nc2ccc(C#N)c(C(F)(F)F)c2)ccc1Br. The lowest BCUT2D eigenvalue weighted by atomic mass is 10.1. The van der Waals surface area contributed by atoms with E-state index in [1.54, 1.807) is 25.1 Å². The van der Waals surface area contributed by atoms with Crippen LogP contribution in [0, 0.1) is 18.3 Å². The van der Waals surface area contributed by atoms with Gasteiger partial charge in [0.25, 0.3) is 0 Å². The number of nitrogens with zero attached hydrogens (tertiary/aromatic N) is 2. The Balaban J connectivity index is 2.37. The summed E-state index contributed by atoms with van der Waals surface area (Å²) in [5.41, 5.74) is -0.447. The molecule has 1 aromatic carbocycles. The minimum Gasteiger partial charge on any atom is -0.340 e. The van der Waals surface area contributed by atoms with E-state index in [9.17, 15) is 13.2 Å². The Morgan fingerprint density at radius 1 is 1.24 bits per heavy atom. The smallest absolute Gasteiger partial charge is 0.340 e. The predicted octanol–water partition coefficient (Wildman–Crippen LogP) is 4.79. The Hall–Kier alpha value is -2.07. The number of pyridine rings is 1. The molecule has 1 N–H and O–H groups in total. The third kappa shape index (κ3) is 3.52. The quantitative estimate of drug-likeness (QED) is 0.842. The normalized spacial score (nSPS) is 11.0. The van der Waals surface area contributed by atoms with E-state index in [2.05, 4.69) is 26.2 Å². The van der Waals surface area contributed by atoms with Gasteiger partial charge in [0.1, 0.15) is 5.82 Å². The van der Waals surface area contributed by atoms with E-state index in [1.807, 2.05) is 0 Å². The summed E-state index contributed by atoms with van der Waals surface area (Å²) in [6.07, 6.45) is -4.58. The first kappa shape index (κ1) is 15.3. The molecule has 0 saturated carbocycles. The van der Waals surface area contributed by atoms with Crippen molar-refractivity contribution in [2.24, 2.45) is 0 Å². The van der Waals surface area contributed by atoms with Crippen LogP contribution in [0.2, 0.25) is 0 Å². The van der Waals surface area contributed by atoms with E-state index in [0.29, 0.717) is 11.5 Å². The van der Waals surface area contributed by atoms with Gasteiger partial charge in [-0.25, -0.2) is 4.98 Å². The van der Waals surface area contributed by atoms with Crippen molar-refractivity contribution in [1.29, 1.82) is 5.26 Å². The summed E-state index contributed by atoms with van der Waals surface area (Å²) in [4.78, 5) is 4.20. The molecule has 0 radical (unpaired) electrons. The molecule has 0 bridgehead atoms. The molecule has 1 aromatic heterocycles. The number of hydrogen-bond donors (Lipinski definition) is 1. The van der Waals surface area contributed by atoms with Gasteiger partial charge in [-0.2, -0.15) is 18.4 Å². The summed E-state index contributed by atoms with van der Waals surface area (Å²) in [7, 11) is 0. The molecule has 0 aliphatic carbocycles. The Morgan fingerprint density at radius 2 is 1.95 bits per heavy atom. The summed E-state index contributed by atoms with van der Waals surface area (Å²) in [5, 5.41) is 11.5. The van der Waals surface area contributed by atoms with Gasteiger partial charge in [-0.15, -0.1) is 0 Å². The predicted molar refractivity (Wildman–Crippen MR) is 76.1 cm³/mol. The molecule has 21 heavy (non-hydrogen) atoms. The average Bonchev–Trinajstić information content (AvgIpc) is 2.42. The maximum Gasteiger partial charge on any atom is 0.417 e. The molecular formula is C14H9BrF3N3. The van der Waals surface area contributed by atoms with E-state index in [0.717, 1.165) is 16.6 Å². The van der Waals surface area contributed by atoms with Crippen LogP contribution in [0.25, 0.3) is 0 Å². The van der Waals surface area contributed by atoms with Crippen LogP contribution < -0.4 is 5.32 Å². The number of rotatable bonds is 2. The van der Waals surface area contributed by atoms with Crippen molar-refractivity contribution in [1.82, 2.24) is 4.98 Å². The second-order valence-corrected chi connectivity index (χ2v) is 5.11. The number of anilines is 2. The van der Waals surface area contributed by atoms with Crippen LogP contribution in [0.1, 0.15) is 16.8 Å². The molecule has 1 heterocycles. The molecule has 0 atom stereocenters. The van der Waals surface area contributed by atoms with Crippen molar-refractivity contribution in [3.05, 3.63) is 51.6 Å². The van der Waals surface area contributed by atoms with E-state index < -0.39 is 17.3 Å². The highest BCUT2D eigenvalue weighted by Gasteiger charge is 2.33. The molecule has 0 fully saturated rings. The number of nitrogens with one attached hydrogen (secondary N) is 1. The zero-order valence-electron chi connectivity index (χ0n) is 10.8. The number of aryl methyl sites for hydroxylation is 1. The zero-order chi connectivity index (χ0) is 15.6. The number of nitriles is 1. The fourth-order valence-electron chi connectivity index (χ4n) is 1.72. The number of aromatic nitrogens is 1. The van der Waals surface area contributed by atoms with Gasteiger partial charge in [0.15, 0.2) is 0 Å². The first-order chi connectivity index (χ1) is 9.81. The monoisotopic (exact) mass is 355 g/mol. The fraction of sp³-hybridized carbons (Fsp3) is 0.143. The maximum absolute atomic E-state index is 12.9. The summed E-state index contributed by atoms with van der Waals surface area (Å²) in [6, 6.07) is 8.38. The van der Waals surface area contributed by atoms with Crippen LogP contribution in [0.3, 0.4) is 0 Å². The van der Waals surface area contributed by atoms with Gasteiger partial charge in [-0.3, -0.25) is 0 Å². The van der Waals surface area contributed by atoms with Crippen LogP contribution in [-0.2, 0) is 6.18 Å². The minimum absolute atomic E-state index is 0.218. The molecule has 2 rings (SSSR count). The third-order valence-electron chi connectivity index (χ3n) is 2.74. The van der Waals surface area contributed by atoms with Crippen molar-refractivity contribution in [3.8, 4) is 6.07 Å². The average molecular weight is 356 g/mol. The van der Waals surface area contributed by atoms with Gasteiger partial charge < -0.3 is 5.32 Å². The summed E-state index contributed by atoms with van der Waals surface area (Å²) in [5.74, 6) is 0.425. The van der Waals surface area contributed by atoms with Crippen molar-refractivity contribution in [2.75, 3.05) is 5.32 Å². The molecule has 0 aliphatic rings. The molecule has 2 aromatic rings. The maximum atomic E-state index is 12.9. The lowest BCUT2D eigenvalue weighted by Crippen LogP contribution is -2.08. The molecule has 0 saturated heterocycles. The van der Waals surface area contributed by atoms with Crippen molar-refractivity contribution in [2.45, 2.75) is 13.1 Å². The van der Waals surface area contributed by atoms with E-state index in [1.165, 1.54) is 6.07 Å². The van der Waals surface area contributed by atoms with Crippen LogP contribution in [0.4, 0.5) is 24.7 Å². The van der Waals surface area contributed by atoms with Crippen LogP contribution in [-0.4, -0.2) is 4.98 Å². The first-order valence-corrected chi connectivity index (χ1v) is 6.62. The Labute approximate surface area is 127 Å². The number of alkyl halides is 3. The molecule has 108 valence electrons. The van der Waals surface area contributed by atoms with Gasteiger partial charge in [-0.1, -0.05) is 0 Å². The first-order valence-electron chi connectivity index (χ1n) is 5.83. The van der Waals surface area contributed by atoms with Crippen LogP contribution >= 0.6 is 15.9 Å². The Kier molecular flexibility index (Phi) is 4.19. The fourth-order valence-corrected chi connectivity index (χ4v) is 1.94. The van der Waals surface area contributed by atoms with Crippen LogP contribution in [0.5, 0.6) is 0 Å². The highest BCUT2D eigenvalue weighted by molar-refractivity contribution is 9.10. The van der Waals surface area contributed by atoms with E-state index in [-0.39, 0.29) is 5.69 Å². The standard InChI is InChI=1S/C14H9BrF3N3/c1-8-12(15)4-5-13(20-8)21-10-3-2-9(7-19)11(6-10)14(16,17)18/h2-6H,1H3,(H,20,21). The topological polar surface area (TPSA) is 48.7 Å². The molecular weight excluding hydrogens is 347 g/mol. The molecule has 0 spiro atoms. The number of halogens is 4. The van der Waals surface area contributed by atoms with Gasteiger partial charge in [-0.05, 0) is 53.2 Å². The summed E-state index contributed by atoms with van der Waals surface area (Å²) >= 11 is 3.30. The van der Waals surface area contributed by atoms with E-state index >= 15 is 0 Å². The lowest BCUT2D eigenvalue weighted by molar-refractivity contribution is -0.137. The molecule has 7 heteroatoms. The minimum atomic E-state index is -4.58. The highest BCUT2D eigenvalue weighted by Crippen LogP contribution is 2.34. The Morgan fingerprint density at radius 3 is 2.52 bits per heavy atom. The number of benzene rings is 1. The van der Waals surface area contributed by atoms with Crippen molar-refractivity contribution < 1.29 is 13.2 Å². The Bertz CT molecular complexity index is 720. The van der Waals surface area contributed by atoms with Gasteiger partial charge >= 0.3 is 6.18 Å². The molecule has 0 aliphatic heterocycles. The summed E-state index contributed by atoms with van der Waals surface area (Å²) < 4.78 is 39.4. The van der Waals surface area contributed by atoms with E-state index in [4.69, 9.17) is 5.26 Å². The zero-order valence-corrected chi connectivity index (χ0v) is 12.4. The van der Waals surface area contributed by atoms with Crippen LogP contribution in [0.15, 0.2) is 34.8 Å². The summed E-state index contributed by atoms with van der Waals surface area (Å²) in [6.45, 7) is 1.77. The largest absolute Gasteiger partial charge is 0.417 e. The second-order valence-electron chi connectivity index (χ2n) is 4.26. The molecule has 0 unspecified atom stereocenters. The highest BCUT2D eigenvalue weighted by atomic mass is 79.9.